The molecule has 0 unspecified atom stereocenters. The number of aromatic nitrogens is 2. The van der Waals surface area contributed by atoms with Gasteiger partial charge in [0.2, 0.25) is 5.91 Å². The topological polar surface area (TPSA) is 76.5 Å². The summed E-state index contributed by atoms with van der Waals surface area (Å²) in [7, 11) is 1.82. The Morgan fingerprint density at radius 1 is 1.29 bits per heavy atom. The fraction of sp³-hybridized carbons (Fsp3) is 0.706. The van der Waals surface area contributed by atoms with Gasteiger partial charge in [0.15, 0.2) is 0 Å². The average molecular weight is 336 g/mol. The molecule has 1 fully saturated rings. The van der Waals surface area contributed by atoms with Crippen LogP contribution in [0.1, 0.15) is 46.2 Å². The van der Waals surface area contributed by atoms with Gasteiger partial charge in [0.05, 0.1) is 16.8 Å². The van der Waals surface area contributed by atoms with Crippen LogP contribution in [0.5, 0.6) is 0 Å². The first-order chi connectivity index (χ1) is 11.0. The number of carbonyl (C=O) groups excluding carboxylic acids is 2. The van der Waals surface area contributed by atoms with E-state index in [1.807, 2.05) is 41.7 Å². The number of piperidine rings is 1. The zero-order valence-corrected chi connectivity index (χ0v) is 15.5. The molecule has 0 radical (unpaired) electrons. The van der Waals surface area contributed by atoms with E-state index < -0.39 is 11.0 Å². The molecule has 2 rings (SSSR count). The third-order valence-corrected chi connectivity index (χ3v) is 4.33. The van der Waals surface area contributed by atoms with Crippen LogP contribution in [-0.4, -0.2) is 45.4 Å². The lowest BCUT2D eigenvalue weighted by atomic mass is 9.79. The monoisotopic (exact) mass is 336 g/mol. The number of ether oxygens (including phenoxy) is 1. The summed E-state index contributed by atoms with van der Waals surface area (Å²) in [6, 6.07) is 0. The maximum atomic E-state index is 12.7. The highest BCUT2D eigenvalue weighted by atomic mass is 16.6. The number of anilines is 1. The number of nitrogens with zero attached hydrogens (tertiary/aromatic N) is 3. The number of rotatable bonds is 2. The van der Waals surface area contributed by atoms with Crippen molar-refractivity contribution in [1.82, 2.24) is 14.7 Å². The highest BCUT2D eigenvalue weighted by Crippen LogP contribution is 2.33. The number of hydrogen-bond donors (Lipinski definition) is 1. The molecule has 0 aliphatic carbocycles. The normalized spacial score (nSPS) is 17.5. The van der Waals surface area contributed by atoms with Gasteiger partial charge in [-0.05, 0) is 40.5 Å². The van der Waals surface area contributed by atoms with Crippen LogP contribution in [0.4, 0.5) is 10.5 Å². The standard InChI is InChI=1S/C17H28N4O3/c1-12-13(11-20(6)19-12)18-14(22)17(5)7-9-21(10-8-17)15(23)24-16(2,3)4/h11H,7-10H2,1-6H3,(H,18,22). The largest absolute Gasteiger partial charge is 0.444 e. The maximum absolute atomic E-state index is 12.7. The predicted molar refractivity (Wildman–Crippen MR) is 91.7 cm³/mol. The molecule has 0 aromatic carbocycles. The van der Waals surface area contributed by atoms with Crippen LogP contribution in [0, 0.1) is 12.3 Å². The van der Waals surface area contributed by atoms with E-state index in [9.17, 15) is 9.59 Å². The van der Waals surface area contributed by atoms with E-state index in [1.165, 1.54) is 0 Å². The number of amides is 2. The lowest BCUT2D eigenvalue weighted by Gasteiger charge is -2.38. The molecule has 0 atom stereocenters. The van der Waals surface area contributed by atoms with Crippen molar-refractivity contribution < 1.29 is 14.3 Å². The predicted octanol–water partition coefficient (Wildman–Crippen LogP) is 2.70. The van der Waals surface area contributed by atoms with Gasteiger partial charge in [-0.2, -0.15) is 5.10 Å². The van der Waals surface area contributed by atoms with Gasteiger partial charge in [0.1, 0.15) is 5.60 Å². The Balaban J connectivity index is 1.95. The first kappa shape index (κ1) is 18.3. The van der Waals surface area contributed by atoms with Gasteiger partial charge in [0, 0.05) is 26.3 Å². The van der Waals surface area contributed by atoms with Crippen molar-refractivity contribution in [2.24, 2.45) is 12.5 Å². The number of hydrogen-bond acceptors (Lipinski definition) is 4. The van der Waals surface area contributed by atoms with Crippen molar-refractivity contribution in [2.75, 3.05) is 18.4 Å². The van der Waals surface area contributed by atoms with E-state index in [0.717, 1.165) is 11.4 Å². The van der Waals surface area contributed by atoms with E-state index in [2.05, 4.69) is 10.4 Å². The molecule has 134 valence electrons. The summed E-state index contributed by atoms with van der Waals surface area (Å²) >= 11 is 0. The number of nitrogens with one attached hydrogen (secondary N) is 1. The van der Waals surface area contributed by atoms with Crippen molar-refractivity contribution in [2.45, 2.75) is 53.1 Å². The molecular formula is C17H28N4O3. The molecule has 1 aliphatic rings. The smallest absolute Gasteiger partial charge is 0.410 e. The van der Waals surface area contributed by atoms with Gasteiger partial charge < -0.3 is 15.0 Å². The summed E-state index contributed by atoms with van der Waals surface area (Å²) in [5.41, 5.74) is 0.521. The molecule has 2 amide bonds. The summed E-state index contributed by atoms with van der Waals surface area (Å²) in [5.74, 6) is -0.0255. The highest BCUT2D eigenvalue weighted by Gasteiger charge is 2.39. The minimum atomic E-state index is -0.507. The molecule has 7 heteroatoms. The lowest BCUT2D eigenvalue weighted by molar-refractivity contribution is -0.127. The number of aryl methyl sites for hydroxylation is 2. The van der Waals surface area contributed by atoms with Gasteiger partial charge in [-0.15, -0.1) is 0 Å². The molecule has 0 saturated carbocycles. The molecule has 1 aromatic heterocycles. The summed E-state index contributed by atoms with van der Waals surface area (Å²) in [5, 5.41) is 7.20. The molecule has 1 aliphatic heterocycles. The molecule has 24 heavy (non-hydrogen) atoms. The summed E-state index contributed by atoms with van der Waals surface area (Å²) in [4.78, 5) is 26.5. The molecule has 2 heterocycles. The second kappa shape index (κ2) is 6.45. The molecule has 1 saturated heterocycles. The Labute approximate surface area is 143 Å². The Kier molecular flexibility index (Phi) is 4.92. The molecule has 1 N–H and O–H groups in total. The van der Waals surface area contributed by atoms with Crippen LogP contribution in [0.2, 0.25) is 0 Å². The quantitative estimate of drug-likeness (QED) is 0.901. The van der Waals surface area contributed by atoms with Crippen molar-refractivity contribution >= 4 is 17.7 Å². The molecule has 7 nitrogen and oxygen atoms in total. The summed E-state index contributed by atoms with van der Waals surface area (Å²) < 4.78 is 7.07. The summed E-state index contributed by atoms with van der Waals surface area (Å²) in [6.07, 6.45) is 2.70. The number of likely N-dealkylation sites (tertiary alicyclic amines) is 1. The van der Waals surface area contributed by atoms with Gasteiger partial charge in [-0.25, -0.2) is 4.79 Å². The molecule has 0 bridgehead atoms. The van der Waals surface area contributed by atoms with Crippen LogP contribution in [0.3, 0.4) is 0 Å². The van der Waals surface area contributed by atoms with E-state index in [-0.39, 0.29) is 12.0 Å². The van der Waals surface area contributed by atoms with Crippen molar-refractivity contribution in [3.8, 4) is 0 Å². The van der Waals surface area contributed by atoms with Gasteiger partial charge in [-0.1, -0.05) is 6.92 Å². The van der Waals surface area contributed by atoms with E-state index in [4.69, 9.17) is 4.74 Å². The van der Waals surface area contributed by atoms with Crippen LogP contribution < -0.4 is 5.32 Å². The van der Waals surface area contributed by atoms with Crippen LogP contribution in [0.15, 0.2) is 6.20 Å². The van der Waals surface area contributed by atoms with Crippen LogP contribution in [-0.2, 0) is 16.6 Å². The van der Waals surface area contributed by atoms with Gasteiger partial charge in [0.25, 0.3) is 0 Å². The molecule has 0 spiro atoms. The van der Waals surface area contributed by atoms with E-state index in [1.54, 1.807) is 15.8 Å². The SMILES string of the molecule is Cc1nn(C)cc1NC(=O)C1(C)CCN(C(=O)OC(C)(C)C)CC1. The first-order valence-electron chi connectivity index (χ1n) is 8.30. The average Bonchev–Trinajstić information content (AvgIpc) is 2.75. The second-order valence-electron chi connectivity index (χ2n) is 7.78. The third-order valence-electron chi connectivity index (χ3n) is 4.33. The van der Waals surface area contributed by atoms with Crippen molar-refractivity contribution in [3.05, 3.63) is 11.9 Å². The summed E-state index contributed by atoms with van der Waals surface area (Å²) in [6.45, 7) is 10.4. The van der Waals surface area contributed by atoms with Gasteiger partial charge in [-0.3, -0.25) is 9.48 Å². The Morgan fingerprint density at radius 3 is 2.33 bits per heavy atom. The van der Waals surface area contributed by atoms with Crippen molar-refractivity contribution in [3.63, 3.8) is 0 Å². The highest BCUT2D eigenvalue weighted by molar-refractivity contribution is 5.95. The van der Waals surface area contributed by atoms with E-state index >= 15 is 0 Å². The molecule has 1 aromatic rings. The van der Waals surface area contributed by atoms with Crippen LogP contribution >= 0.6 is 0 Å². The fourth-order valence-corrected chi connectivity index (χ4v) is 2.73. The Bertz CT molecular complexity index is 622. The first-order valence-corrected chi connectivity index (χ1v) is 8.30. The third kappa shape index (κ3) is 4.27. The number of carbonyl (C=O) groups is 2. The lowest BCUT2D eigenvalue weighted by Crippen LogP contribution is -2.48. The molecular weight excluding hydrogens is 308 g/mol. The maximum Gasteiger partial charge on any atom is 0.410 e. The van der Waals surface area contributed by atoms with Crippen LogP contribution in [0.25, 0.3) is 0 Å². The Morgan fingerprint density at radius 2 is 1.88 bits per heavy atom. The van der Waals surface area contributed by atoms with Gasteiger partial charge >= 0.3 is 6.09 Å². The minimum Gasteiger partial charge on any atom is -0.444 e. The zero-order chi connectivity index (χ0) is 18.1. The second-order valence-corrected chi connectivity index (χ2v) is 7.78. The fourth-order valence-electron chi connectivity index (χ4n) is 2.73. The zero-order valence-electron chi connectivity index (χ0n) is 15.5. The van der Waals surface area contributed by atoms with Crippen molar-refractivity contribution in [1.29, 1.82) is 0 Å². The minimum absolute atomic E-state index is 0.0255. The van der Waals surface area contributed by atoms with E-state index in [0.29, 0.717) is 25.9 Å². The Hall–Kier alpha value is -2.05.